The van der Waals surface area contributed by atoms with Crippen molar-refractivity contribution in [2.45, 2.75) is 19.8 Å². The zero-order valence-corrected chi connectivity index (χ0v) is 20.2. The molecule has 0 saturated heterocycles. The van der Waals surface area contributed by atoms with Gasteiger partial charge in [-0.3, -0.25) is 0 Å². The Labute approximate surface area is 207 Å². The van der Waals surface area contributed by atoms with Crippen LogP contribution in [0.2, 0.25) is 0 Å². The lowest BCUT2D eigenvalue weighted by molar-refractivity contribution is 0.867. The molecule has 6 aromatic rings. The maximum absolute atomic E-state index is 2.33. The molecule has 0 nitrogen and oxygen atoms in total. The van der Waals surface area contributed by atoms with Crippen molar-refractivity contribution in [2.24, 2.45) is 0 Å². The Balaban J connectivity index is 1.53. The molecule has 0 aromatic heterocycles. The van der Waals surface area contributed by atoms with Crippen molar-refractivity contribution in [3.8, 4) is 33.4 Å². The molecule has 0 N–H and O–H groups in total. The first kappa shape index (κ1) is 21.4. The number of hydrogen-bond donors (Lipinski definition) is 0. The predicted octanol–water partition coefficient (Wildman–Crippen LogP) is 10.1. The first-order valence-electron chi connectivity index (χ1n) is 12.4. The first-order valence-corrected chi connectivity index (χ1v) is 12.4. The molecular formula is C35H28. The van der Waals surface area contributed by atoms with Crippen LogP contribution in [0.1, 0.15) is 25.3 Å². The fourth-order valence-corrected chi connectivity index (χ4v) is 4.93. The molecule has 0 spiro atoms. The summed E-state index contributed by atoms with van der Waals surface area (Å²) in [6.45, 7) is 4.49. The van der Waals surface area contributed by atoms with Gasteiger partial charge in [0.25, 0.3) is 0 Å². The van der Waals surface area contributed by atoms with E-state index >= 15 is 0 Å². The topological polar surface area (TPSA) is 0 Å². The van der Waals surface area contributed by atoms with Gasteiger partial charge in [0, 0.05) is 0 Å². The zero-order valence-electron chi connectivity index (χ0n) is 20.2. The summed E-state index contributed by atoms with van der Waals surface area (Å²) < 4.78 is 0. The Kier molecular flexibility index (Phi) is 5.43. The van der Waals surface area contributed by atoms with E-state index in [2.05, 4.69) is 141 Å². The van der Waals surface area contributed by atoms with E-state index in [1.165, 1.54) is 60.5 Å². The third-order valence-corrected chi connectivity index (χ3v) is 7.01. The van der Waals surface area contributed by atoms with E-state index in [-0.39, 0.29) is 0 Å². The zero-order chi connectivity index (χ0) is 23.8. The maximum Gasteiger partial charge on any atom is -0.0171 e. The second-order valence-corrected chi connectivity index (χ2v) is 9.70. The normalized spacial score (nSPS) is 11.4. The van der Waals surface area contributed by atoms with Gasteiger partial charge in [0.05, 0.1) is 0 Å². The van der Waals surface area contributed by atoms with Gasteiger partial charge in [-0.25, -0.2) is 0 Å². The Hall–Kier alpha value is -4.16. The lowest BCUT2D eigenvalue weighted by Gasteiger charge is -2.13. The van der Waals surface area contributed by atoms with Crippen LogP contribution in [0.15, 0.2) is 127 Å². The fourth-order valence-electron chi connectivity index (χ4n) is 4.93. The molecule has 0 fully saturated rings. The van der Waals surface area contributed by atoms with Crippen LogP contribution in [0.3, 0.4) is 0 Å². The highest BCUT2D eigenvalue weighted by molar-refractivity contribution is 5.91. The lowest BCUT2D eigenvalue weighted by Crippen LogP contribution is -1.89. The minimum atomic E-state index is 0.529. The van der Waals surface area contributed by atoms with Gasteiger partial charge in [0.15, 0.2) is 0 Å². The average molecular weight is 449 g/mol. The Morgan fingerprint density at radius 3 is 1.20 bits per heavy atom. The summed E-state index contributed by atoms with van der Waals surface area (Å²) in [5, 5.41) is 5.07. The third-order valence-electron chi connectivity index (χ3n) is 7.01. The highest BCUT2D eigenvalue weighted by Gasteiger charge is 2.10. The fraction of sp³-hybridized carbons (Fsp3) is 0.0857. The number of fused-ring (bicyclic) bond motifs is 2. The van der Waals surface area contributed by atoms with Gasteiger partial charge in [-0.1, -0.05) is 111 Å². The Morgan fingerprint density at radius 2 is 0.743 bits per heavy atom. The van der Waals surface area contributed by atoms with Crippen LogP contribution in [0.4, 0.5) is 0 Å². The average Bonchev–Trinajstić information content (AvgIpc) is 2.92. The molecular weight excluding hydrogens is 420 g/mol. The third kappa shape index (κ3) is 4.24. The van der Waals surface area contributed by atoms with E-state index in [9.17, 15) is 0 Å². The summed E-state index contributed by atoms with van der Waals surface area (Å²) >= 11 is 0. The molecule has 168 valence electrons. The molecule has 0 radical (unpaired) electrons. The second kappa shape index (κ2) is 8.89. The van der Waals surface area contributed by atoms with Gasteiger partial charge in [0.1, 0.15) is 0 Å². The van der Waals surface area contributed by atoms with E-state index in [1.54, 1.807) is 0 Å². The molecule has 0 aliphatic carbocycles. The monoisotopic (exact) mass is 448 g/mol. The minimum Gasteiger partial charge on any atom is -0.0616 e. The van der Waals surface area contributed by atoms with E-state index in [0.717, 1.165) is 0 Å². The van der Waals surface area contributed by atoms with Crippen LogP contribution in [0.25, 0.3) is 54.9 Å². The highest BCUT2D eigenvalue weighted by atomic mass is 14.1. The van der Waals surface area contributed by atoms with Gasteiger partial charge in [-0.2, -0.15) is 0 Å². The molecule has 6 rings (SSSR count). The van der Waals surface area contributed by atoms with Crippen LogP contribution in [0, 0.1) is 0 Å². The summed E-state index contributed by atoms with van der Waals surface area (Å²) in [5.41, 5.74) is 8.83. The predicted molar refractivity (Wildman–Crippen MR) is 152 cm³/mol. The van der Waals surface area contributed by atoms with Gasteiger partial charge in [-0.15, -0.1) is 0 Å². The number of hydrogen-bond acceptors (Lipinski definition) is 0. The molecule has 0 amide bonds. The molecule has 0 heteroatoms. The summed E-state index contributed by atoms with van der Waals surface area (Å²) in [5.74, 6) is 0.529. The van der Waals surface area contributed by atoms with Crippen molar-refractivity contribution in [3.05, 3.63) is 133 Å². The van der Waals surface area contributed by atoms with Crippen LogP contribution in [0.5, 0.6) is 0 Å². The van der Waals surface area contributed by atoms with Crippen molar-refractivity contribution >= 4 is 21.5 Å². The number of rotatable bonds is 4. The second-order valence-electron chi connectivity index (χ2n) is 9.70. The molecule has 0 heterocycles. The molecule has 0 aliphatic heterocycles. The van der Waals surface area contributed by atoms with Gasteiger partial charge in [-0.05, 0) is 96.7 Å². The van der Waals surface area contributed by atoms with Crippen molar-refractivity contribution in [2.75, 3.05) is 0 Å². The molecule has 0 bridgehead atoms. The van der Waals surface area contributed by atoms with Crippen LogP contribution < -0.4 is 0 Å². The van der Waals surface area contributed by atoms with E-state index in [4.69, 9.17) is 0 Å². The molecule has 0 aliphatic rings. The van der Waals surface area contributed by atoms with Gasteiger partial charge >= 0.3 is 0 Å². The van der Waals surface area contributed by atoms with Gasteiger partial charge < -0.3 is 0 Å². The van der Waals surface area contributed by atoms with Crippen LogP contribution in [-0.4, -0.2) is 0 Å². The van der Waals surface area contributed by atoms with Crippen LogP contribution >= 0.6 is 0 Å². The molecule has 0 unspecified atom stereocenters. The SMILES string of the molecule is CC(C)c1ccc(-c2cc(-c3ccc4ccccc4c3)cc(-c3ccc4ccccc4c3)c2)cc1. The van der Waals surface area contributed by atoms with Crippen molar-refractivity contribution in [1.82, 2.24) is 0 Å². The summed E-state index contributed by atoms with van der Waals surface area (Å²) in [4.78, 5) is 0. The van der Waals surface area contributed by atoms with Crippen molar-refractivity contribution in [3.63, 3.8) is 0 Å². The molecule has 0 saturated carbocycles. The van der Waals surface area contributed by atoms with Gasteiger partial charge in [0.2, 0.25) is 0 Å². The van der Waals surface area contributed by atoms with Crippen LogP contribution in [-0.2, 0) is 0 Å². The van der Waals surface area contributed by atoms with Crippen molar-refractivity contribution in [1.29, 1.82) is 0 Å². The Morgan fingerprint density at radius 1 is 0.343 bits per heavy atom. The molecule has 35 heavy (non-hydrogen) atoms. The summed E-state index contributed by atoms with van der Waals surface area (Å²) in [7, 11) is 0. The largest absolute Gasteiger partial charge is 0.0616 e. The smallest absolute Gasteiger partial charge is 0.0171 e. The summed E-state index contributed by atoms with van der Waals surface area (Å²) in [6, 6.07) is 46.7. The molecule has 0 atom stereocenters. The maximum atomic E-state index is 2.33. The minimum absolute atomic E-state index is 0.529. The quantitative estimate of drug-likeness (QED) is 0.252. The first-order chi connectivity index (χ1) is 17.1. The molecule has 6 aromatic carbocycles. The standard InChI is InChI=1S/C35H28/c1-24(2)25-11-13-28(14-12-25)33-21-34(31-17-15-26-7-3-5-9-29(26)19-31)23-35(22-33)32-18-16-27-8-4-6-10-30(27)20-32/h3-24H,1-2H3. The lowest BCUT2D eigenvalue weighted by atomic mass is 9.91. The number of benzene rings is 6. The van der Waals surface area contributed by atoms with E-state index in [1.807, 2.05) is 0 Å². The Bertz CT molecular complexity index is 1550. The van der Waals surface area contributed by atoms with E-state index < -0.39 is 0 Å². The van der Waals surface area contributed by atoms with E-state index in [0.29, 0.717) is 5.92 Å². The van der Waals surface area contributed by atoms with Crippen molar-refractivity contribution < 1.29 is 0 Å². The summed E-state index contributed by atoms with van der Waals surface area (Å²) in [6.07, 6.45) is 0. The highest BCUT2D eigenvalue weighted by Crippen LogP contribution is 2.35.